The Morgan fingerprint density at radius 2 is 1.88 bits per heavy atom. The maximum absolute atomic E-state index is 12.3. The Morgan fingerprint density at radius 1 is 1.15 bits per heavy atom. The molecule has 0 aliphatic rings. The number of carbonyl (C=O) groups excluding carboxylic acids is 1. The molecule has 1 aromatic heterocycles. The van der Waals surface area contributed by atoms with E-state index < -0.39 is 0 Å². The second kappa shape index (κ2) is 8.15. The Labute approximate surface area is 154 Å². The summed E-state index contributed by atoms with van der Waals surface area (Å²) in [6, 6.07) is 16.1. The van der Waals surface area contributed by atoms with Gasteiger partial charge in [-0.25, -0.2) is 4.98 Å². The van der Waals surface area contributed by atoms with E-state index in [2.05, 4.69) is 36.0 Å². The molecule has 1 N–H and O–H groups in total. The van der Waals surface area contributed by atoms with E-state index in [1.54, 1.807) is 0 Å². The van der Waals surface area contributed by atoms with Gasteiger partial charge in [-0.05, 0) is 56.8 Å². The van der Waals surface area contributed by atoms with E-state index in [4.69, 9.17) is 0 Å². The fourth-order valence-corrected chi connectivity index (χ4v) is 3.13. The van der Waals surface area contributed by atoms with Crippen LogP contribution in [0.25, 0.3) is 16.7 Å². The third-order valence-electron chi connectivity index (χ3n) is 4.68. The van der Waals surface area contributed by atoms with Crippen LogP contribution in [-0.4, -0.2) is 46.0 Å². The van der Waals surface area contributed by atoms with Gasteiger partial charge >= 0.3 is 0 Å². The zero-order chi connectivity index (χ0) is 18.5. The maximum atomic E-state index is 12.3. The lowest BCUT2D eigenvalue weighted by Gasteiger charge is -2.24. The van der Waals surface area contributed by atoms with Crippen LogP contribution >= 0.6 is 0 Å². The van der Waals surface area contributed by atoms with Crippen LogP contribution in [0, 0.1) is 0 Å². The number of fused-ring (bicyclic) bond motifs is 1. The van der Waals surface area contributed by atoms with E-state index in [0.29, 0.717) is 18.2 Å². The van der Waals surface area contributed by atoms with Gasteiger partial charge in [0.05, 0.1) is 11.0 Å². The average molecular weight is 350 g/mol. The normalized spacial score (nSPS) is 11.4. The van der Waals surface area contributed by atoms with Gasteiger partial charge in [0.15, 0.2) is 0 Å². The fraction of sp³-hybridized carbons (Fsp3) is 0.333. The van der Waals surface area contributed by atoms with Crippen LogP contribution in [0.15, 0.2) is 54.9 Å². The van der Waals surface area contributed by atoms with Crippen molar-refractivity contribution < 1.29 is 4.79 Å². The van der Waals surface area contributed by atoms with Gasteiger partial charge in [0, 0.05) is 30.4 Å². The third-order valence-corrected chi connectivity index (χ3v) is 4.68. The quantitative estimate of drug-likeness (QED) is 0.710. The summed E-state index contributed by atoms with van der Waals surface area (Å²) in [5, 5.41) is 3.00. The van der Waals surface area contributed by atoms with E-state index in [1.807, 2.05) is 59.4 Å². The van der Waals surface area contributed by atoms with Crippen LogP contribution in [0.5, 0.6) is 0 Å². The molecule has 0 fully saturated rings. The molecule has 5 nitrogen and oxygen atoms in total. The minimum Gasteiger partial charge on any atom is -0.351 e. The van der Waals surface area contributed by atoms with Gasteiger partial charge in [-0.1, -0.05) is 19.1 Å². The van der Waals surface area contributed by atoms with Crippen molar-refractivity contribution in [2.45, 2.75) is 26.8 Å². The first-order valence-electron chi connectivity index (χ1n) is 9.15. The lowest BCUT2D eigenvalue weighted by Crippen LogP contribution is -2.38. The first-order valence-corrected chi connectivity index (χ1v) is 9.15. The van der Waals surface area contributed by atoms with Crippen molar-refractivity contribution in [3.05, 3.63) is 60.4 Å². The van der Waals surface area contributed by atoms with Crippen molar-refractivity contribution >= 4 is 16.9 Å². The van der Waals surface area contributed by atoms with Crippen molar-refractivity contribution in [2.75, 3.05) is 19.6 Å². The molecule has 0 saturated heterocycles. The molecular weight excluding hydrogens is 324 g/mol. The molecule has 0 radical (unpaired) electrons. The molecular formula is C21H26N4O. The fourth-order valence-electron chi connectivity index (χ4n) is 3.13. The van der Waals surface area contributed by atoms with Crippen LogP contribution < -0.4 is 5.32 Å². The molecule has 3 aromatic rings. The van der Waals surface area contributed by atoms with Gasteiger partial charge < -0.3 is 5.32 Å². The van der Waals surface area contributed by atoms with Gasteiger partial charge in [0.25, 0.3) is 5.91 Å². The predicted octanol–water partition coefficient (Wildman–Crippen LogP) is 3.49. The van der Waals surface area contributed by atoms with Crippen molar-refractivity contribution in [1.29, 1.82) is 0 Å². The Bertz CT molecular complexity index is 867. The molecule has 136 valence electrons. The van der Waals surface area contributed by atoms with E-state index >= 15 is 0 Å². The summed E-state index contributed by atoms with van der Waals surface area (Å²) >= 11 is 0. The Kier molecular flexibility index (Phi) is 5.68. The molecule has 1 amide bonds. The monoisotopic (exact) mass is 350 g/mol. The number of benzene rings is 2. The highest BCUT2D eigenvalue weighted by Gasteiger charge is 2.10. The molecule has 0 bridgehead atoms. The molecule has 0 saturated carbocycles. The first-order chi connectivity index (χ1) is 12.6. The van der Waals surface area contributed by atoms with Crippen LogP contribution in [-0.2, 0) is 0 Å². The van der Waals surface area contributed by atoms with E-state index in [1.165, 1.54) is 0 Å². The van der Waals surface area contributed by atoms with Crippen LogP contribution in [0.1, 0.15) is 31.1 Å². The average Bonchev–Trinajstić information content (AvgIpc) is 3.09. The third kappa shape index (κ3) is 3.94. The standard InChI is InChI=1S/C21H26N4O/c1-4-24(16(2)3)14-13-22-21(26)17-9-11-18(12-10-17)25-15-23-19-7-5-6-8-20(19)25/h5-12,15-16H,4,13-14H2,1-3H3,(H,22,26). The number of nitrogens with one attached hydrogen (secondary N) is 1. The molecule has 3 rings (SSSR count). The second-order valence-corrected chi connectivity index (χ2v) is 6.63. The summed E-state index contributed by atoms with van der Waals surface area (Å²) in [5.74, 6) is -0.0353. The van der Waals surface area contributed by atoms with E-state index in [0.717, 1.165) is 29.8 Å². The molecule has 0 unspecified atom stereocenters. The molecule has 0 aliphatic heterocycles. The van der Waals surface area contributed by atoms with Crippen molar-refractivity contribution in [1.82, 2.24) is 19.8 Å². The number of carbonyl (C=O) groups is 1. The Hall–Kier alpha value is -2.66. The topological polar surface area (TPSA) is 50.2 Å². The van der Waals surface area contributed by atoms with Crippen LogP contribution in [0.4, 0.5) is 0 Å². The van der Waals surface area contributed by atoms with Crippen molar-refractivity contribution in [3.63, 3.8) is 0 Å². The van der Waals surface area contributed by atoms with Gasteiger partial charge in [-0.3, -0.25) is 14.3 Å². The summed E-state index contributed by atoms with van der Waals surface area (Å²) in [7, 11) is 0. The summed E-state index contributed by atoms with van der Waals surface area (Å²) in [4.78, 5) is 19.1. The van der Waals surface area contributed by atoms with Crippen LogP contribution in [0.3, 0.4) is 0 Å². The predicted molar refractivity (Wildman–Crippen MR) is 106 cm³/mol. The summed E-state index contributed by atoms with van der Waals surface area (Å²) in [6.45, 7) is 8.98. The molecule has 26 heavy (non-hydrogen) atoms. The highest BCUT2D eigenvalue weighted by Crippen LogP contribution is 2.18. The number of para-hydroxylation sites is 2. The zero-order valence-corrected chi connectivity index (χ0v) is 15.6. The molecule has 0 spiro atoms. The number of hydrogen-bond acceptors (Lipinski definition) is 3. The SMILES string of the molecule is CCN(CCNC(=O)c1ccc(-n2cnc3ccccc32)cc1)C(C)C. The summed E-state index contributed by atoms with van der Waals surface area (Å²) in [6.07, 6.45) is 1.81. The number of rotatable bonds is 7. The second-order valence-electron chi connectivity index (χ2n) is 6.63. The van der Waals surface area contributed by atoms with E-state index in [-0.39, 0.29) is 5.91 Å². The molecule has 5 heteroatoms. The number of hydrogen-bond donors (Lipinski definition) is 1. The molecule has 0 aliphatic carbocycles. The lowest BCUT2D eigenvalue weighted by atomic mass is 10.2. The van der Waals surface area contributed by atoms with Crippen molar-refractivity contribution in [3.8, 4) is 5.69 Å². The molecule has 0 atom stereocenters. The minimum absolute atomic E-state index is 0.0353. The lowest BCUT2D eigenvalue weighted by molar-refractivity contribution is 0.0946. The zero-order valence-electron chi connectivity index (χ0n) is 15.6. The number of nitrogens with zero attached hydrogens (tertiary/aromatic N) is 3. The van der Waals surface area contributed by atoms with Crippen LogP contribution in [0.2, 0.25) is 0 Å². The highest BCUT2D eigenvalue weighted by molar-refractivity contribution is 5.94. The number of amides is 1. The summed E-state index contributed by atoms with van der Waals surface area (Å²) < 4.78 is 2.03. The highest BCUT2D eigenvalue weighted by atomic mass is 16.1. The smallest absolute Gasteiger partial charge is 0.251 e. The number of aromatic nitrogens is 2. The number of likely N-dealkylation sites (N-methyl/N-ethyl adjacent to an activating group) is 1. The van der Waals surface area contributed by atoms with Crippen molar-refractivity contribution in [2.24, 2.45) is 0 Å². The largest absolute Gasteiger partial charge is 0.351 e. The maximum Gasteiger partial charge on any atom is 0.251 e. The molecule has 1 heterocycles. The Morgan fingerprint density at radius 3 is 2.58 bits per heavy atom. The van der Waals surface area contributed by atoms with E-state index in [9.17, 15) is 4.79 Å². The Balaban J connectivity index is 1.65. The molecule has 2 aromatic carbocycles. The van der Waals surface area contributed by atoms with Gasteiger partial charge in [0.1, 0.15) is 6.33 Å². The minimum atomic E-state index is -0.0353. The number of imidazole rings is 1. The first kappa shape index (κ1) is 18.1. The van der Waals surface area contributed by atoms with Gasteiger partial charge in [0.2, 0.25) is 0 Å². The summed E-state index contributed by atoms with van der Waals surface area (Å²) in [5.41, 5.74) is 3.68. The van der Waals surface area contributed by atoms with Gasteiger partial charge in [-0.2, -0.15) is 0 Å². The van der Waals surface area contributed by atoms with Gasteiger partial charge in [-0.15, -0.1) is 0 Å².